The number of nitrogens with zero attached hydrogens (tertiary/aromatic N) is 7. The predicted molar refractivity (Wildman–Crippen MR) is 117 cm³/mol. The topological polar surface area (TPSA) is 235 Å². The van der Waals surface area contributed by atoms with Gasteiger partial charge in [0.25, 0.3) is 0 Å². The van der Waals surface area contributed by atoms with Gasteiger partial charge in [-0.15, -0.1) is 0 Å². The molecule has 2 rings (SSSR count). The van der Waals surface area contributed by atoms with Crippen molar-refractivity contribution in [3.8, 4) is 0 Å². The first-order valence-corrected chi connectivity index (χ1v) is 11.6. The minimum absolute atomic E-state index is 0.000989. The highest BCUT2D eigenvalue weighted by Crippen LogP contribution is 2.58. The van der Waals surface area contributed by atoms with Crippen molar-refractivity contribution in [3.05, 3.63) is 16.8 Å². The fraction of sp³-hybridized carbons (Fsp3) is 0.706. The van der Waals surface area contributed by atoms with Crippen LogP contribution >= 0.6 is 7.60 Å². The number of anilines is 1. The van der Waals surface area contributed by atoms with Gasteiger partial charge in [0.2, 0.25) is 5.95 Å². The normalized spacial score (nSPS) is 17.7. The van der Waals surface area contributed by atoms with Crippen LogP contribution in [0.25, 0.3) is 21.6 Å². The number of imidazole rings is 1. The van der Waals surface area contributed by atoms with Gasteiger partial charge in [-0.1, -0.05) is 6.92 Å². The van der Waals surface area contributed by atoms with Crippen LogP contribution in [0.3, 0.4) is 0 Å². The molecule has 2 unspecified atom stereocenters. The van der Waals surface area contributed by atoms with Gasteiger partial charge in [-0.05, 0) is 44.3 Å². The second-order valence-corrected chi connectivity index (χ2v) is 10.3. The summed E-state index contributed by atoms with van der Waals surface area (Å²) < 4.78 is 24.8. The van der Waals surface area contributed by atoms with Crippen LogP contribution in [0, 0.1) is 0 Å². The van der Waals surface area contributed by atoms with Gasteiger partial charge in [0.05, 0.1) is 18.8 Å². The number of nitrogens with two attached hydrogens (primary N) is 1. The molecule has 4 atom stereocenters. The Bertz CT molecular complexity index is 1070. The first-order valence-electron chi connectivity index (χ1n) is 10.00. The zero-order valence-corrected chi connectivity index (χ0v) is 19.6. The Morgan fingerprint density at radius 2 is 2.06 bits per heavy atom. The fourth-order valence-electron chi connectivity index (χ4n) is 2.81. The van der Waals surface area contributed by atoms with Crippen molar-refractivity contribution in [1.82, 2.24) is 19.5 Å². The van der Waals surface area contributed by atoms with Crippen molar-refractivity contribution in [2.45, 2.75) is 63.8 Å². The van der Waals surface area contributed by atoms with E-state index in [4.69, 9.17) is 20.5 Å². The second kappa shape index (κ2) is 10.3. The van der Waals surface area contributed by atoms with Gasteiger partial charge in [0.1, 0.15) is 12.4 Å². The van der Waals surface area contributed by atoms with Gasteiger partial charge in [0.15, 0.2) is 28.6 Å². The van der Waals surface area contributed by atoms with Crippen LogP contribution in [-0.2, 0) is 13.8 Å². The molecule has 0 aromatic carbocycles. The van der Waals surface area contributed by atoms with E-state index in [1.54, 1.807) is 6.92 Å². The van der Waals surface area contributed by atoms with E-state index in [1.807, 2.05) is 0 Å². The van der Waals surface area contributed by atoms with Crippen molar-refractivity contribution in [2.24, 2.45) is 5.11 Å². The van der Waals surface area contributed by atoms with Crippen LogP contribution in [0.2, 0.25) is 0 Å². The van der Waals surface area contributed by atoms with Gasteiger partial charge in [-0.3, -0.25) is 9.13 Å². The summed E-state index contributed by atoms with van der Waals surface area (Å²) in [7, 11) is -4.40. The van der Waals surface area contributed by atoms with E-state index in [9.17, 15) is 24.8 Å². The highest BCUT2D eigenvalue weighted by molar-refractivity contribution is 7.54. The number of aliphatic hydroxyl groups is 3. The largest absolute Gasteiger partial charge is 0.394 e. The van der Waals surface area contributed by atoms with Gasteiger partial charge in [-0.2, -0.15) is 0 Å². The molecule has 0 fully saturated rings. The van der Waals surface area contributed by atoms with Crippen LogP contribution in [0.15, 0.2) is 11.4 Å². The van der Waals surface area contributed by atoms with Gasteiger partial charge in [-0.25, -0.2) is 15.0 Å². The Labute approximate surface area is 189 Å². The van der Waals surface area contributed by atoms with Gasteiger partial charge in [0, 0.05) is 4.91 Å². The summed E-state index contributed by atoms with van der Waals surface area (Å²) in [6.07, 6.45) is -1.61. The summed E-state index contributed by atoms with van der Waals surface area (Å²) in [6.45, 7) is 4.98. The third kappa shape index (κ3) is 5.96. The molecule has 2 aromatic rings. The smallest absolute Gasteiger partial charge is 0.359 e. The summed E-state index contributed by atoms with van der Waals surface area (Å²) in [6, 6.07) is 0. The van der Waals surface area contributed by atoms with Crippen molar-refractivity contribution in [1.29, 1.82) is 0 Å². The molecule has 184 valence electrons. The highest BCUT2D eigenvalue weighted by Gasteiger charge is 2.45. The molecule has 0 saturated heterocycles. The van der Waals surface area contributed by atoms with Crippen molar-refractivity contribution >= 4 is 30.5 Å². The SMILES string of the molecule is CCC(C)(O)P(=O)(O)OC(C)(C)CCO[C@H]([C@H](O)CO)n1c(N=[N+]=[N-])nc2c(N)ncnc21. The molecule has 0 aliphatic carbocycles. The minimum atomic E-state index is -4.40. The first kappa shape index (κ1) is 26.9. The number of aromatic nitrogens is 4. The molecule has 0 aliphatic rings. The van der Waals surface area contributed by atoms with E-state index in [2.05, 4.69) is 25.0 Å². The lowest BCUT2D eigenvalue weighted by molar-refractivity contribution is -0.105. The first-order chi connectivity index (χ1) is 15.3. The van der Waals surface area contributed by atoms with Crippen LogP contribution < -0.4 is 5.73 Å². The Balaban J connectivity index is 2.31. The molecule has 0 spiro atoms. The van der Waals surface area contributed by atoms with Crippen molar-refractivity contribution in [3.63, 3.8) is 0 Å². The average molecular weight is 488 g/mol. The molecule has 0 aliphatic heterocycles. The number of hydrogen-bond donors (Lipinski definition) is 5. The van der Waals surface area contributed by atoms with E-state index in [0.29, 0.717) is 0 Å². The number of nitrogen functional groups attached to an aromatic ring is 1. The number of fused-ring (bicyclic) bond motifs is 1. The lowest BCUT2D eigenvalue weighted by Gasteiger charge is -2.34. The van der Waals surface area contributed by atoms with Crippen LogP contribution in [0.1, 0.15) is 46.8 Å². The van der Waals surface area contributed by atoms with Gasteiger partial charge < -0.3 is 35.2 Å². The predicted octanol–water partition coefficient (Wildman–Crippen LogP) is 1.71. The maximum Gasteiger partial charge on any atom is 0.359 e. The Kier molecular flexibility index (Phi) is 8.38. The van der Waals surface area contributed by atoms with Crippen molar-refractivity contribution in [2.75, 3.05) is 18.9 Å². The van der Waals surface area contributed by atoms with Gasteiger partial charge >= 0.3 is 7.60 Å². The van der Waals surface area contributed by atoms with E-state index in [0.717, 1.165) is 6.33 Å². The molecule has 2 heterocycles. The van der Waals surface area contributed by atoms with E-state index < -0.39 is 37.5 Å². The number of aliphatic hydroxyl groups excluding tert-OH is 2. The van der Waals surface area contributed by atoms with E-state index >= 15 is 0 Å². The van der Waals surface area contributed by atoms with Crippen LogP contribution in [0.5, 0.6) is 0 Å². The zero-order chi connectivity index (χ0) is 25.0. The fourth-order valence-corrected chi connectivity index (χ4v) is 4.17. The summed E-state index contributed by atoms with van der Waals surface area (Å²) in [4.78, 5) is 24.8. The van der Waals surface area contributed by atoms with Crippen molar-refractivity contribution < 1.29 is 34.0 Å². The molecule has 16 heteroatoms. The lowest BCUT2D eigenvalue weighted by Crippen LogP contribution is -2.34. The summed E-state index contributed by atoms with van der Waals surface area (Å²) in [5.41, 5.74) is 13.7. The Morgan fingerprint density at radius 3 is 2.64 bits per heavy atom. The maximum absolute atomic E-state index is 12.5. The minimum Gasteiger partial charge on any atom is -0.394 e. The average Bonchev–Trinajstić information content (AvgIpc) is 3.09. The molecule has 0 bridgehead atoms. The third-order valence-electron chi connectivity index (χ3n) is 5.03. The molecule has 33 heavy (non-hydrogen) atoms. The third-order valence-corrected chi connectivity index (χ3v) is 7.31. The van der Waals surface area contributed by atoms with Crippen LogP contribution in [-0.4, -0.2) is 70.0 Å². The molecule has 15 nitrogen and oxygen atoms in total. The molecule has 0 amide bonds. The zero-order valence-electron chi connectivity index (χ0n) is 18.7. The number of ether oxygens (including phenoxy) is 1. The standard InChI is InChI=1S/C17H29N8O7P/c1-5-17(4,28)33(29,30)32-16(2,3)6-7-31-14(10(27)8-26)25-13-11(12(18)20-9-21-13)22-15(25)23-24-19/h9-10,14,26-28H,5-8H2,1-4H3,(H,29,30)(H2,18,20,21)/t10-,14-,17?/m1/s1. The number of rotatable bonds is 12. The monoisotopic (exact) mass is 488 g/mol. The number of azide groups is 1. The molecular formula is C17H29N8O7P. The second-order valence-electron chi connectivity index (χ2n) is 8.11. The lowest BCUT2D eigenvalue weighted by atomic mass is 10.1. The summed E-state index contributed by atoms with van der Waals surface area (Å²) in [5.74, 6) is -0.229. The number of hydrogen-bond acceptors (Lipinski definition) is 11. The Morgan fingerprint density at radius 1 is 1.39 bits per heavy atom. The molecular weight excluding hydrogens is 459 g/mol. The van der Waals surface area contributed by atoms with E-state index in [-0.39, 0.29) is 42.4 Å². The van der Waals surface area contributed by atoms with E-state index in [1.165, 1.54) is 25.3 Å². The Hall–Kier alpha value is -2.35. The molecule has 2 aromatic heterocycles. The molecule has 0 saturated carbocycles. The summed E-state index contributed by atoms with van der Waals surface area (Å²) >= 11 is 0. The molecule has 6 N–H and O–H groups in total. The summed E-state index contributed by atoms with van der Waals surface area (Å²) in [5, 5.41) is 31.6. The van der Waals surface area contributed by atoms with Crippen LogP contribution in [0.4, 0.5) is 11.8 Å². The maximum atomic E-state index is 12.5. The quantitative estimate of drug-likeness (QED) is 0.125. The molecule has 0 radical (unpaired) electrons. The highest BCUT2D eigenvalue weighted by atomic mass is 31.2.